The Hall–Kier alpha value is -2.60. The second-order valence-corrected chi connectivity index (χ2v) is 6.13. The summed E-state index contributed by atoms with van der Waals surface area (Å²) in [5.41, 5.74) is 2.60. The molecule has 0 fully saturated rings. The minimum atomic E-state index is -0.417. The number of benzene rings is 2. The molecule has 132 valence electrons. The molecule has 0 saturated heterocycles. The van der Waals surface area contributed by atoms with Gasteiger partial charge in [0.25, 0.3) is 5.69 Å². The first-order valence-electron chi connectivity index (χ1n) is 8.32. The zero-order valence-corrected chi connectivity index (χ0v) is 14.4. The monoisotopic (exact) mass is 343 g/mol. The Kier molecular flexibility index (Phi) is 5.19. The third-order valence-electron chi connectivity index (χ3n) is 4.44. The average Bonchev–Trinajstić information content (AvgIpc) is 2.65. The summed E-state index contributed by atoms with van der Waals surface area (Å²) in [7, 11) is 0. The highest BCUT2D eigenvalue weighted by molar-refractivity contribution is 5.50. The lowest BCUT2D eigenvalue weighted by Gasteiger charge is -2.20. The van der Waals surface area contributed by atoms with Crippen LogP contribution >= 0.6 is 0 Å². The van der Waals surface area contributed by atoms with Gasteiger partial charge in [-0.3, -0.25) is 10.1 Å². The van der Waals surface area contributed by atoms with Gasteiger partial charge in [-0.05, 0) is 30.0 Å². The molecule has 0 saturated carbocycles. The van der Waals surface area contributed by atoms with Crippen molar-refractivity contribution in [2.45, 2.75) is 39.4 Å². The normalized spacial score (nSPS) is 14.3. The fourth-order valence-corrected chi connectivity index (χ4v) is 2.78. The predicted octanol–water partition coefficient (Wildman–Crippen LogP) is 4.55. The van der Waals surface area contributed by atoms with Gasteiger partial charge in [0.1, 0.15) is 18.1 Å². The van der Waals surface area contributed by atoms with Crippen LogP contribution in [0.5, 0.6) is 11.5 Å². The fraction of sp³-hybridized carbons (Fsp3) is 0.368. The highest BCUT2D eigenvalue weighted by Gasteiger charge is 2.21. The van der Waals surface area contributed by atoms with Gasteiger partial charge in [-0.15, -0.1) is 0 Å². The smallest absolute Gasteiger partial charge is 0.270 e. The molecule has 0 radical (unpaired) electrons. The molecule has 0 aliphatic carbocycles. The van der Waals surface area contributed by atoms with E-state index < -0.39 is 4.92 Å². The van der Waals surface area contributed by atoms with Gasteiger partial charge in [0.15, 0.2) is 6.79 Å². The van der Waals surface area contributed by atoms with E-state index >= 15 is 0 Å². The number of hydrogen-bond acceptors (Lipinski definition) is 5. The van der Waals surface area contributed by atoms with E-state index in [1.165, 1.54) is 17.7 Å². The molecule has 2 aromatic carbocycles. The quantitative estimate of drug-likeness (QED) is 0.568. The number of rotatable bonds is 6. The molecule has 0 bridgehead atoms. The third-order valence-corrected chi connectivity index (χ3v) is 4.44. The highest BCUT2D eigenvalue weighted by atomic mass is 16.7. The van der Waals surface area contributed by atoms with Crippen LogP contribution in [0.2, 0.25) is 0 Å². The first kappa shape index (κ1) is 17.2. The zero-order valence-electron chi connectivity index (χ0n) is 14.4. The van der Waals surface area contributed by atoms with Crippen molar-refractivity contribution in [2.24, 2.45) is 0 Å². The van der Waals surface area contributed by atoms with Crippen molar-refractivity contribution in [2.75, 3.05) is 6.79 Å². The van der Waals surface area contributed by atoms with Crippen LogP contribution in [0.15, 0.2) is 36.4 Å². The largest absolute Gasteiger partial charge is 0.489 e. The number of nitro groups is 1. The number of nitrogens with zero attached hydrogens (tertiary/aromatic N) is 1. The molecule has 3 rings (SSSR count). The van der Waals surface area contributed by atoms with Gasteiger partial charge in [-0.1, -0.05) is 26.0 Å². The Morgan fingerprint density at radius 1 is 1.28 bits per heavy atom. The van der Waals surface area contributed by atoms with Crippen LogP contribution in [0.4, 0.5) is 5.69 Å². The van der Waals surface area contributed by atoms with E-state index in [1.54, 1.807) is 0 Å². The summed E-state index contributed by atoms with van der Waals surface area (Å²) >= 11 is 0. The molecule has 0 aromatic heterocycles. The lowest BCUT2D eigenvalue weighted by molar-refractivity contribution is -0.385. The molecule has 1 atom stereocenters. The fourth-order valence-electron chi connectivity index (χ4n) is 2.78. The van der Waals surface area contributed by atoms with Crippen LogP contribution in [-0.4, -0.2) is 11.7 Å². The molecule has 1 heterocycles. The predicted molar refractivity (Wildman–Crippen MR) is 92.9 cm³/mol. The maximum atomic E-state index is 11.1. The molecule has 6 nitrogen and oxygen atoms in total. The molecule has 0 N–H and O–H groups in total. The Balaban J connectivity index is 1.78. The minimum absolute atomic E-state index is 0.0126. The molecule has 0 amide bonds. The van der Waals surface area contributed by atoms with E-state index in [0.717, 1.165) is 12.2 Å². The number of nitro benzene ring substituents is 1. The van der Waals surface area contributed by atoms with Crippen molar-refractivity contribution in [3.63, 3.8) is 0 Å². The molecular formula is C19H21NO5. The van der Waals surface area contributed by atoms with E-state index in [4.69, 9.17) is 14.2 Å². The van der Waals surface area contributed by atoms with E-state index in [-0.39, 0.29) is 19.1 Å². The van der Waals surface area contributed by atoms with Crippen molar-refractivity contribution in [3.8, 4) is 11.5 Å². The van der Waals surface area contributed by atoms with Crippen LogP contribution in [0, 0.1) is 10.1 Å². The first-order chi connectivity index (χ1) is 12.1. The SMILES string of the molecule is CCC(C)c1ccc(OCc2cc([N+](=O)[O-])cc3c2OCOC3)cc1. The average molecular weight is 343 g/mol. The number of ether oxygens (including phenoxy) is 3. The summed E-state index contributed by atoms with van der Waals surface area (Å²) in [6.45, 7) is 4.98. The van der Waals surface area contributed by atoms with Crippen LogP contribution < -0.4 is 9.47 Å². The van der Waals surface area contributed by atoms with Crippen molar-refractivity contribution in [1.29, 1.82) is 0 Å². The van der Waals surface area contributed by atoms with Crippen molar-refractivity contribution >= 4 is 5.69 Å². The molecule has 2 aromatic rings. The molecule has 25 heavy (non-hydrogen) atoms. The summed E-state index contributed by atoms with van der Waals surface area (Å²) < 4.78 is 16.5. The van der Waals surface area contributed by atoms with Gasteiger partial charge in [0.05, 0.1) is 11.5 Å². The van der Waals surface area contributed by atoms with E-state index in [2.05, 4.69) is 26.0 Å². The van der Waals surface area contributed by atoms with Crippen LogP contribution in [0.3, 0.4) is 0 Å². The van der Waals surface area contributed by atoms with Gasteiger partial charge in [-0.2, -0.15) is 0 Å². The summed E-state index contributed by atoms with van der Waals surface area (Å²) in [6, 6.07) is 10.9. The summed E-state index contributed by atoms with van der Waals surface area (Å²) in [4.78, 5) is 10.7. The summed E-state index contributed by atoms with van der Waals surface area (Å²) in [5.74, 6) is 1.85. The van der Waals surface area contributed by atoms with Crippen LogP contribution in [0.1, 0.15) is 42.9 Å². The van der Waals surface area contributed by atoms with Gasteiger partial charge in [0, 0.05) is 23.3 Å². The molecule has 1 unspecified atom stereocenters. The number of hydrogen-bond donors (Lipinski definition) is 0. The zero-order chi connectivity index (χ0) is 17.8. The van der Waals surface area contributed by atoms with Crippen molar-refractivity contribution in [1.82, 2.24) is 0 Å². The van der Waals surface area contributed by atoms with E-state index in [0.29, 0.717) is 29.4 Å². The number of fused-ring (bicyclic) bond motifs is 1. The van der Waals surface area contributed by atoms with Crippen LogP contribution in [0.25, 0.3) is 0 Å². The lowest BCUT2D eigenvalue weighted by atomic mass is 9.99. The standard InChI is InChI=1S/C19H21NO5/c1-3-13(2)14-4-6-18(7-5-14)24-11-16-9-17(20(21)22)8-15-10-23-12-25-19(15)16/h4-9,13H,3,10-12H2,1-2H3. The van der Waals surface area contributed by atoms with Crippen LogP contribution in [-0.2, 0) is 18.0 Å². The molecule has 0 spiro atoms. The Labute approximate surface area is 146 Å². The van der Waals surface area contributed by atoms with E-state index in [1.807, 2.05) is 12.1 Å². The second-order valence-electron chi connectivity index (χ2n) is 6.13. The molecule has 6 heteroatoms. The van der Waals surface area contributed by atoms with E-state index in [9.17, 15) is 10.1 Å². The lowest BCUT2D eigenvalue weighted by Crippen LogP contribution is -2.14. The Bertz CT molecular complexity index is 757. The Morgan fingerprint density at radius 3 is 2.72 bits per heavy atom. The van der Waals surface area contributed by atoms with Gasteiger partial charge in [0.2, 0.25) is 0 Å². The van der Waals surface area contributed by atoms with Crippen molar-refractivity contribution in [3.05, 3.63) is 63.2 Å². The first-order valence-corrected chi connectivity index (χ1v) is 8.32. The second kappa shape index (κ2) is 7.53. The molecular weight excluding hydrogens is 322 g/mol. The van der Waals surface area contributed by atoms with Gasteiger partial charge in [-0.25, -0.2) is 0 Å². The Morgan fingerprint density at radius 2 is 2.04 bits per heavy atom. The minimum Gasteiger partial charge on any atom is -0.489 e. The third kappa shape index (κ3) is 3.91. The highest BCUT2D eigenvalue weighted by Crippen LogP contribution is 2.33. The topological polar surface area (TPSA) is 70.8 Å². The van der Waals surface area contributed by atoms with Gasteiger partial charge >= 0.3 is 0 Å². The number of non-ortho nitro benzene ring substituents is 1. The summed E-state index contributed by atoms with van der Waals surface area (Å²) in [6.07, 6.45) is 1.08. The van der Waals surface area contributed by atoms with Gasteiger partial charge < -0.3 is 14.2 Å². The maximum absolute atomic E-state index is 11.1. The van der Waals surface area contributed by atoms with Crippen molar-refractivity contribution < 1.29 is 19.1 Å². The summed E-state index contributed by atoms with van der Waals surface area (Å²) in [5, 5.41) is 11.1. The molecule has 1 aliphatic heterocycles. The maximum Gasteiger partial charge on any atom is 0.270 e. The molecule has 1 aliphatic rings.